The molecule has 2 rings (SSSR count). The Bertz CT molecular complexity index is 767. The molecule has 1 saturated carbocycles. The number of carboxylic acids is 1. The Labute approximate surface area is 192 Å². The molecular weight excluding hydrogens is 464 g/mol. The molecule has 2 amide bonds. The minimum absolute atomic E-state index is 0.122. The van der Waals surface area contributed by atoms with E-state index in [4.69, 9.17) is 4.74 Å². The van der Waals surface area contributed by atoms with E-state index in [2.05, 4.69) is 21.2 Å². The average Bonchev–Trinajstić information content (AvgIpc) is 2.69. The first-order valence-electron chi connectivity index (χ1n) is 10.7. The van der Waals surface area contributed by atoms with Gasteiger partial charge >= 0.3 is 12.1 Å². The van der Waals surface area contributed by atoms with E-state index in [1.54, 1.807) is 7.05 Å². The third kappa shape index (κ3) is 8.16. The molecular formula is C23H33BrN2O5. The van der Waals surface area contributed by atoms with Crippen LogP contribution in [0.15, 0.2) is 28.7 Å². The van der Waals surface area contributed by atoms with Gasteiger partial charge in [-0.3, -0.25) is 4.79 Å². The third-order valence-electron chi connectivity index (χ3n) is 5.57. The van der Waals surface area contributed by atoms with Crippen LogP contribution < -0.4 is 5.32 Å². The quantitative estimate of drug-likeness (QED) is 0.588. The predicted octanol–water partition coefficient (Wildman–Crippen LogP) is 4.23. The number of carbonyl (C=O) groups is 3. The number of nitrogens with one attached hydrogen (secondary N) is 1. The van der Waals surface area contributed by atoms with E-state index in [0.29, 0.717) is 25.3 Å². The topological polar surface area (TPSA) is 95.9 Å². The van der Waals surface area contributed by atoms with Gasteiger partial charge in [-0.25, -0.2) is 9.59 Å². The second-order valence-corrected chi connectivity index (χ2v) is 10.1. The summed E-state index contributed by atoms with van der Waals surface area (Å²) < 4.78 is 6.18. The van der Waals surface area contributed by atoms with E-state index in [-0.39, 0.29) is 18.2 Å². The fourth-order valence-electron chi connectivity index (χ4n) is 3.83. The van der Waals surface area contributed by atoms with Crippen molar-refractivity contribution in [3.8, 4) is 0 Å². The molecule has 7 nitrogen and oxygen atoms in total. The van der Waals surface area contributed by atoms with E-state index >= 15 is 0 Å². The highest BCUT2D eigenvalue weighted by atomic mass is 79.9. The molecule has 1 aromatic rings. The Morgan fingerprint density at radius 3 is 2.26 bits per heavy atom. The third-order valence-corrected chi connectivity index (χ3v) is 6.10. The van der Waals surface area contributed by atoms with Gasteiger partial charge in [-0.2, -0.15) is 0 Å². The highest BCUT2D eigenvalue weighted by Gasteiger charge is 2.33. The zero-order valence-corrected chi connectivity index (χ0v) is 20.3. The van der Waals surface area contributed by atoms with Crippen molar-refractivity contribution in [3.05, 3.63) is 34.3 Å². The van der Waals surface area contributed by atoms with Crippen LogP contribution >= 0.6 is 15.9 Å². The summed E-state index contributed by atoms with van der Waals surface area (Å²) >= 11 is 3.37. The van der Waals surface area contributed by atoms with Crippen LogP contribution in [0.3, 0.4) is 0 Å². The summed E-state index contributed by atoms with van der Waals surface area (Å²) in [7, 11) is 1.58. The lowest BCUT2D eigenvalue weighted by Gasteiger charge is -2.33. The van der Waals surface area contributed by atoms with Crippen LogP contribution in [0.2, 0.25) is 0 Å². The van der Waals surface area contributed by atoms with Crippen molar-refractivity contribution >= 4 is 33.9 Å². The van der Waals surface area contributed by atoms with Gasteiger partial charge in [0.1, 0.15) is 11.6 Å². The zero-order chi connectivity index (χ0) is 23.2. The van der Waals surface area contributed by atoms with Crippen LogP contribution in [-0.2, 0) is 20.7 Å². The Hall–Kier alpha value is -2.09. The van der Waals surface area contributed by atoms with Crippen LogP contribution in [0.25, 0.3) is 0 Å². The summed E-state index contributed by atoms with van der Waals surface area (Å²) in [5.41, 5.74) is 0.336. The highest BCUT2D eigenvalue weighted by Crippen LogP contribution is 2.30. The highest BCUT2D eigenvalue weighted by molar-refractivity contribution is 9.10. The summed E-state index contributed by atoms with van der Waals surface area (Å²) in [5.74, 6) is -1.02. The lowest BCUT2D eigenvalue weighted by molar-refractivity contribution is -0.151. The first-order chi connectivity index (χ1) is 14.5. The summed E-state index contributed by atoms with van der Waals surface area (Å²) in [5, 5.41) is 12.5. The number of nitrogens with zero attached hydrogens (tertiary/aromatic N) is 1. The number of benzene rings is 1. The predicted molar refractivity (Wildman–Crippen MR) is 122 cm³/mol. The number of hydrogen-bond acceptors (Lipinski definition) is 4. The normalized spacial score (nSPS) is 19.9. The molecule has 0 spiro atoms. The lowest BCUT2D eigenvalue weighted by Crippen LogP contribution is -2.47. The maximum atomic E-state index is 13.0. The summed E-state index contributed by atoms with van der Waals surface area (Å²) in [6.07, 6.45) is 2.83. The Morgan fingerprint density at radius 1 is 1.16 bits per heavy atom. The molecule has 31 heavy (non-hydrogen) atoms. The maximum absolute atomic E-state index is 13.0. The standard InChI is InChI=1S/C23H33BrN2O5/c1-23(2,3)31-22(30)25-14-16-5-9-17(10-6-16)20(27)26(4)19(21(28)29)13-15-7-11-18(24)12-8-15/h7-8,11-12,16-17,19H,5-6,9-10,13-14H2,1-4H3,(H,25,30)(H,28,29)/t16?,17?,19-/m0/s1. The molecule has 0 heterocycles. The van der Waals surface area contributed by atoms with Gasteiger partial charge in [0, 0.05) is 30.4 Å². The van der Waals surface area contributed by atoms with Crippen molar-refractivity contribution in [2.45, 2.75) is 64.5 Å². The number of ether oxygens (including phenoxy) is 1. The first-order valence-corrected chi connectivity index (χ1v) is 11.5. The van der Waals surface area contributed by atoms with Gasteiger partial charge < -0.3 is 20.1 Å². The molecule has 0 bridgehead atoms. The van der Waals surface area contributed by atoms with E-state index in [1.807, 2.05) is 45.0 Å². The number of hydrogen-bond donors (Lipinski definition) is 2. The van der Waals surface area contributed by atoms with Gasteiger partial charge in [0.2, 0.25) is 5.91 Å². The van der Waals surface area contributed by atoms with E-state index in [0.717, 1.165) is 22.9 Å². The van der Waals surface area contributed by atoms with Gasteiger partial charge in [-0.15, -0.1) is 0 Å². The molecule has 0 saturated heterocycles. The number of halogens is 1. The van der Waals surface area contributed by atoms with Crippen LogP contribution in [0.1, 0.15) is 52.0 Å². The molecule has 172 valence electrons. The molecule has 1 aromatic carbocycles. The van der Waals surface area contributed by atoms with E-state index in [1.165, 1.54) is 4.90 Å². The monoisotopic (exact) mass is 496 g/mol. The van der Waals surface area contributed by atoms with Gasteiger partial charge in [0.05, 0.1) is 0 Å². The molecule has 1 aliphatic rings. The van der Waals surface area contributed by atoms with E-state index in [9.17, 15) is 19.5 Å². The Kier molecular flexibility index (Phi) is 8.91. The largest absolute Gasteiger partial charge is 0.480 e. The number of amides is 2. The number of carbonyl (C=O) groups excluding carboxylic acids is 2. The van der Waals surface area contributed by atoms with Crippen molar-refractivity contribution in [1.82, 2.24) is 10.2 Å². The fourth-order valence-corrected chi connectivity index (χ4v) is 4.09. The SMILES string of the molecule is CN(C(=O)C1CCC(CNC(=O)OC(C)(C)C)CC1)[C@@H](Cc1ccc(Br)cc1)C(=O)O. The number of alkyl carbamates (subject to hydrolysis) is 1. The molecule has 0 aliphatic heterocycles. The van der Waals surface area contributed by atoms with Crippen molar-refractivity contribution in [1.29, 1.82) is 0 Å². The number of carboxylic acid groups (broad SMARTS) is 1. The molecule has 2 N–H and O–H groups in total. The van der Waals surface area contributed by atoms with Gasteiger partial charge in [-0.05, 0) is 70.1 Å². The van der Waals surface area contributed by atoms with Crippen molar-refractivity contribution in [3.63, 3.8) is 0 Å². The maximum Gasteiger partial charge on any atom is 0.407 e. The summed E-state index contributed by atoms with van der Waals surface area (Å²) in [6, 6.07) is 6.55. The van der Waals surface area contributed by atoms with Crippen molar-refractivity contribution in [2.75, 3.05) is 13.6 Å². The number of rotatable bonds is 7. The second kappa shape index (κ2) is 11.0. The Balaban J connectivity index is 1.86. The van der Waals surface area contributed by atoms with Gasteiger partial charge in [-0.1, -0.05) is 28.1 Å². The first kappa shape index (κ1) is 25.2. The molecule has 0 aromatic heterocycles. The van der Waals surface area contributed by atoms with Gasteiger partial charge in [0.15, 0.2) is 0 Å². The minimum Gasteiger partial charge on any atom is -0.480 e. The summed E-state index contributed by atoms with van der Waals surface area (Å²) in [4.78, 5) is 38.0. The minimum atomic E-state index is -1.01. The average molecular weight is 497 g/mol. The molecule has 0 radical (unpaired) electrons. The summed E-state index contributed by atoms with van der Waals surface area (Å²) in [6.45, 7) is 5.98. The smallest absolute Gasteiger partial charge is 0.407 e. The van der Waals surface area contributed by atoms with E-state index < -0.39 is 23.7 Å². The lowest BCUT2D eigenvalue weighted by atomic mass is 9.81. The zero-order valence-electron chi connectivity index (χ0n) is 18.7. The van der Waals surface area contributed by atoms with Crippen molar-refractivity contribution < 1.29 is 24.2 Å². The van der Waals surface area contributed by atoms with Crippen LogP contribution in [0.4, 0.5) is 4.79 Å². The van der Waals surface area contributed by atoms with Crippen molar-refractivity contribution in [2.24, 2.45) is 11.8 Å². The molecule has 1 aliphatic carbocycles. The number of aliphatic carboxylic acids is 1. The number of likely N-dealkylation sites (N-methyl/N-ethyl adjacent to an activating group) is 1. The second-order valence-electron chi connectivity index (χ2n) is 9.23. The van der Waals surface area contributed by atoms with Gasteiger partial charge in [0.25, 0.3) is 0 Å². The molecule has 1 atom stereocenters. The fraction of sp³-hybridized carbons (Fsp3) is 0.609. The van der Waals surface area contributed by atoms with Crippen LogP contribution in [0.5, 0.6) is 0 Å². The van der Waals surface area contributed by atoms with Crippen LogP contribution in [-0.4, -0.2) is 53.2 Å². The molecule has 8 heteroatoms. The molecule has 1 fully saturated rings. The Morgan fingerprint density at radius 2 is 1.74 bits per heavy atom. The van der Waals surface area contributed by atoms with Crippen LogP contribution in [0, 0.1) is 11.8 Å². The molecule has 0 unspecified atom stereocenters.